The number of carbonyl (C=O) groups is 1. The second-order valence-electron chi connectivity index (χ2n) is 7.39. The van der Waals surface area contributed by atoms with Gasteiger partial charge in [0.15, 0.2) is 0 Å². The Bertz CT molecular complexity index is 1460. The normalized spacial score (nSPS) is 10.9. The third-order valence-corrected chi connectivity index (χ3v) is 5.37. The second-order valence-corrected chi connectivity index (χ2v) is 7.39. The first-order valence-corrected chi connectivity index (χ1v) is 10.1. The minimum absolute atomic E-state index is 0.122. The summed E-state index contributed by atoms with van der Waals surface area (Å²) in [5, 5.41) is 2.65. The molecular weight excluding hydrogens is 403 g/mol. The van der Waals surface area contributed by atoms with E-state index in [1.54, 1.807) is 25.4 Å². The summed E-state index contributed by atoms with van der Waals surface area (Å²) in [7, 11) is 1.62. The average molecular weight is 422 g/mol. The summed E-state index contributed by atoms with van der Waals surface area (Å²) < 4.78 is 15.6. The monoisotopic (exact) mass is 422 g/mol. The Hall–Kier alpha value is -4.32. The SMILES string of the molecule is CNC(=O)c1cccc(-c2ccn3c(-c4ccnc(-c5cccc(F)c5)c4)cnc3c2)c1. The Morgan fingerprint density at radius 1 is 0.875 bits per heavy atom. The van der Waals surface area contributed by atoms with Crippen LogP contribution >= 0.6 is 0 Å². The number of aromatic nitrogens is 3. The average Bonchev–Trinajstić information content (AvgIpc) is 3.27. The van der Waals surface area contributed by atoms with Crippen molar-refractivity contribution in [3.8, 4) is 33.6 Å². The standard InChI is InChI=1S/C26H19FN4O/c1-28-26(32)21-6-2-4-17(12-21)18-9-11-31-24(16-30-25(31)15-18)20-8-10-29-23(14-20)19-5-3-7-22(27)13-19/h2-16H,1H3,(H,28,32). The van der Waals surface area contributed by atoms with Crippen LogP contribution in [0.1, 0.15) is 10.4 Å². The molecule has 0 aliphatic carbocycles. The second kappa shape index (κ2) is 8.07. The number of halogens is 1. The number of benzene rings is 2. The molecule has 3 heterocycles. The van der Waals surface area contributed by atoms with Gasteiger partial charge in [-0.05, 0) is 59.7 Å². The fourth-order valence-corrected chi connectivity index (χ4v) is 3.75. The van der Waals surface area contributed by atoms with Crippen LogP contribution in [0.15, 0.2) is 91.4 Å². The van der Waals surface area contributed by atoms with Gasteiger partial charge in [0.25, 0.3) is 5.91 Å². The maximum Gasteiger partial charge on any atom is 0.251 e. The number of rotatable bonds is 4. The Morgan fingerprint density at radius 2 is 1.69 bits per heavy atom. The van der Waals surface area contributed by atoms with Gasteiger partial charge in [0.05, 0.1) is 17.6 Å². The van der Waals surface area contributed by atoms with Crippen molar-refractivity contribution in [2.24, 2.45) is 0 Å². The van der Waals surface area contributed by atoms with E-state index in [-0.39, 0.29) is 11.7 Å². The highest BCUT2D eigenvalue weighted by Gasteiger charge is 2.11. The van der Waals surface area contributed by atoms with Crippen LogP contribution in [0.25, 0.3) is 39.3 Å². The van der Waals surface area contributed by atoms with E-state index in [1.165, 1.54) is 12.1 Å². The summed E-state index contributed by atoms with van der Waals surface area (Å²) >= 11 is 0. The zero-order valence-electron chi connectivity index (χ0n) is 17.3. The number of hydrogen-bond acceptors (Lipinski definition) is 3. The highest BCUT2D eigenvalue weighted by Crippen LogP contribution is 2.28. The number of amides is 1. The number of fused-ring (bicyclic) bond motifs is 1. The Labute approximate surface area is 184 Å². The maximum absolute atomic E-state index is 13.6. The van der Waals surface area contributed by atoms with Gasteiger partial charge in [-0.15, -0.1) is 0 Å². The molecule has 0 unspecified atom stereocenters. The Kier molecular flexibility index (Phi) is 4.95. The highest BCUT2D eigenvalue weighted by atomic mass is 19.1. The lowest BCUT2D eigenvalue weighted by atomic mass is 10.0. The molecule has 2 aromatic carbocycles. The van der Waals surface area contributed by atoms with Crippen molar-refractivity contribution in [1.29, 1.82) is 0 Å². The molecule has 32 heavy (non-hydrogen) atoms. The van der Waals surface area contributed by atoms with Gasteiger partial charge >= 0.3 is 0 Å². The first kappa shape index (κ1) is 19.6. The van der Waals surface area contributed by atoms with E-state index in [0.29, 0.717) is 11.3 Å². The molecule has 0 aliphatic heterocycles. The van der Waals surface area contributed by atoms with Crippen LogP contribution < -0.4 is 5.32 Å². The van der Waals surface area contributed by atoms with Crippen molar-refractivity contribution in [2.75, 3.05) is 7.05 Å². The van der Waals surface area contributed by atoms with E-state index in [9.17, 15) is 9.18 Å². The van der Waals surface area contributed by atoms with E-state index in [4.69, 9.17) is 0 Å². The largest absolute Gasteiger partial charge is 0.355 e. The molecule has 1 amide bonds. The van der Waals surface area contributed by atoms with Gasteiger partial charge in [-0.2, -0.15) is 0 Å². The minimum Gasteiger partial charge on any atom is -0.355 e. The fraction of sp³-hybridized carbons (Fsp3) is 0.0385. The van der Waals surface area contributed by atoms with Crippen LogP contribution in [0.2, 0.25) is 0 Å². The van der Waals surface area contributed by atoms with Crippen LogP contribution in [-0.4, -0.2) is 27.3 Å². The Balaban J connectivity index is 1.53. The first-order valence-electron chi connectivity index (χ1n) is 10.1. The third-order valence-electron chi connectivity index (χ3n) is 5.37. The van der Waals surface area contributed by atoms with Crippen LogP contribution in [-0.2, 0) is 0 Å². The quantitative estimate of drug-likeness (QED) is 0.432. The van der Waals surface area contributed by atoms with Gasteiger partial charge in [0.1, 0.15) is 11.5 Å². The molecule has 0 fully saturated rings. The molecule has 3 aromatic heterocycles. The van der Waals surface area contributed by atoms with Gasteiger partial charge < -0.3 is 5.32 Å². The number of nitrogens with one attached hydrogen (secondary N) is 1. The topological polar surface area (TPSA) is 59.3 Å². The van der Waals surface area contributed by atoms with Crippen molar-refractivity contribution in [3.63, 3.8) is 0 Å². The number of imidazole rings is 1. The van der Waals surface area contributed by atoms with Crippen molar-refractivity contribution in [1.82, 2.24) is 19.7 Å². The van der Waals surface area contributed by atoms with Gasteiger partial charge in [0, 0.05) is 36.1 Å². The van der Waals surface area contributed by atoms with Gasteiger partial charge in [-0.25, -0.2) is 9.37 Å². The Morgan fingerprint density at radius 3 is 2.53 bits per heavy atom. The molecule has 1 N–H and O–H groups in total. The summed E-state index contributed by atoms with van der Waals surface area (Å²) in [6, 6.07) is 21.7. The van der Waals surface area contributed by atoms with Crippen molar-refractivity contribution in [2.45, 2.75) is 0 Å². The zero-order chi connectivity index (χ0) is 22.1. The molecular formula is C26H19FN4O. The lowest BCUT2D eigenvalue weighted by Gasteiger charge is -2.08. The third kappa shape index (κ3) is 3.63. The van der Waals surface area contributed by atoms with Gasteiger partial charge in [-0.3, -0.25) is 14.2 Å². The summed E-state index contributed by atoms with van der Waals surface area (Å²) in [5.41, 5.74) is 6.55. The smallest absolute Gasteiger partial charge is 0.251 e. The maximum atomic E-state index is 13.6. The zero-order valence-corrected chi connectivity index (χ0v) is 17.3. The van der Waals surface area contributed by atoms with Gasteiger partial charge in [-0.1, -0.05) is 24.3 Å². The van der Waals surface area contributed by atoms with E-state index in [2.05, 4.69) is 15.3 Å². The molecule has 0 aliphatic rings. The molecule has 5 aromatic rings. The number of pyridine rings is 2. The molecule has 0 saturated carbocycles. The van der Waals surface area contributed by atoms with Gasteiger partial charge in [0.2, 0.25) is 0 Å². The minimum atomic E-state index is -0.294. The number of hydrogen-bond donors (Lipinski definition) is 1. The fourth-order valence-electron chi connectivity index (χ4n) is 3.75. The summed E-state index contributed by atoms with van der Waals surface area (Å²) in [6.45, 7) is 0. The van der Waals surface area contributed by atoms with Crippen molar-refractivity contribution in [3.05, 3.63) is 103 Å². The molecule has 0 saturated heterocycles. The summed E-state index contributed by atoms with van der Waals surface area (Å²) in [6.07, 6.45) is 5.49. The van der Waals surface area contributed by atoms with Crippen molar-refractivity contribution >= 4 is 11.6 Å². The molecule has 0 atom stereocenters. The van der Waals surface area contributed by atoms with Crippen molar-refractivity contribution < 1.29 is 9.18 Å². The lowest BCUT2D eigenvalue weighted by molar-refractivity contribution is 0.0963. The molecule has 0 radical (unpaired) electrons. The molecule has 5 nitrogen and oxygen atoms in total. The molecule has 0 spiro atoms. The molecule has 0 bridgehead atoms. The summed E-state index contributed by atoms with van der Waals surface area (Å²) in [4.78, 5) is 20.9. The molecule has 5 rings (SSSR count). The molecule has 156 valence electrons. The highest BCUT2D eigenvalue weighted by molar-refractivity contribution is 5.95. The van der Waals surface area contributed by atoms with Crippen LogP contribution in [0.3, 0.4) is 0 Å². The lowest BCUT2D eigenvalue weighted by Crippen LogP contribution is -2.17. The van der Waals surface area contributed by atoms with Crippen LogP contribution in [0.4, 0.5) is 4.39 Å². The summed E-state index contributed by atoms with van der Waals surface area (Å²) in [5.74, 6) is -0.416. The number of nitrogens with zero attached hydrogens (tertiary/aromatic N) is 3. The van der Waals surface area contributed by atoms with E-state index >= 15 is 0 Å². The number of carbonyl (C=O) groups excluding carboxylic acids is 1. The van der Waals surface area contributed by atoms with E-state index < -0.39 is 0 Å². The first-order chi connectivity index (χ1) is 15.6. The predicted molar refractivity (Wildman–Crippen MR) is 123 cm³/mol. The van der Waals surface area contributed by atoms with E-state index in [0.717, 1.165) is 33.6 Å². The molecule has 6 heteroatoms. The predicted octanol–water partition coefficient (Wildman–Crippen LogP) is 5.23. The van der Waals surface area contributed by atoms with Crippen LogP contribution in [0, 0.1) is 5.82 Å². The van der Waals surface area contributed by atoms with E-state index in [1.807, 2.05) is 65.3 Å². The van der Waals surface area contributed by atoms with Crippen LogP contribution in [0.5, 0.6) is 0 Å².